The van der Waals surface area contributed by atoms with E-state index in [2.05, 4.69) is 10.3 Å². The van der Waals surface area contributed by atoms with Gasteiger partial charge in [-0.2, -0.15) is 0 Å². The summed E-state index contributed by atoms with van der Waals surface area (Å²) >= 11 is 0. The quantitative estimate of drug-likeness (QED) is 0.653. The molecular weight excluding hydrogens is 364 g/mol. The van der Waals surface area contributed by atoms with Gasteiger partial charge in [0, 0.05) is 17.0 Å². The Kier molecular flexibility index (Phi) is 5.56. The first-order valence-corrected chi connectivity index (χ1v) is 10.1. The minimum Gasteiger partial charge on any atom is -0.449 e. The second-order valence-corrected chi connectivity index (χ2v) is 7.48. The van der Waals surface area contributed by atoms with Crippen LogP contribution in [0.5, 0.6) is 0 Å². The largest absolute Gasteiger partial charge is 0.449 e. The van der Waals surface area contributed by atoms with Gasteiger partial charge in [0.15, 0.2) is 6.10 Å². The first kappa shape index (κ1) is 19.1. The first-order valence-electron chi connectivity index (χ1n) is 10.1. The SMILES string of the molecule is C[C@@H](OC(=O)c1cc(-c2ccccc2)nc2ccccc12)C(=O)NC1CCCC1. The summed E-state index contributed by atoms with van der Waals surface area (Å²) in [5.41, 5.74) is 2.73. The number of esters is 1. The van der Waals surface area contributed by atoms with E-state index >= 15 is 0 Å². The molecule has 1 aliphatic carbocycles. The van der Waals surface area contributed by atoms with Crippen molar-refractivity contribution in [2.45, 2.75) is 44.8 Å². The van der Waals surface area contributed by atoms with Crippen LogP contribution < -0.4 is 5.32 Å². The van der Waals surface area contributed by atoms with Gasteiger partial charge in [-0.05, 0) is 31.9 Å². The van der Waals surface area contributed by atoms with Crippen molar-refractivity contribution in [1.82, 2.24) is 10.3 Å². The van der Waals surface area contributed by atoms with Crippen molar-refractivity contribution < 1.29 is 14.3 Å². The summed E-state index contributed by atoms with van der Waals surface area (Å²) in [6.45, 7) is 1.61. The number of hydrogen-bond acceptors (Lipinski definition) is 4. The van der Waals surface area contributed by atoms with Crippen LogP contribution >= 0.6 is 0 Å². The molecule has 1 aliphatic rings. The molecule has 1 amide bonds. The van der Waals surface area contributed by atoms with E-state index < -0.39 is 12.1 Å². The fraction of sp³-hybridized carbons (Fsp3) is 0.292. The number of pyridine rings is 1. The van der Waals surface area contributed by atoms with Crippen LogP contribution in [0.3, 0.4) is 0 Å². The van der Waals surface area contributed by atoms with E-state index in [1.54, 1.807) is 13.0 Å². The predicted octanol–water partition coefficient (Wildman–Crippen LogP) is 4.51. The number of benzene rings is 2. The molecule has 1 saturated carbocycles. The van der Waals surface area contributed by atoms with E-state index in [0.717, 1.165) is 31.2 Å². The maximum atomic E-state index is 13.0. The van der Waals surface area contributed by atoms with Crippen LogP contribution in [0.2, 0.25) is 0 Å². The van der Waals surface area contributed by atoms with Gasteiger partial charge in [0.05, 0.1) is 16.8 Å². The minimum absolute atomic E-state index is 0.190. The number of nitrogens with zero attached hydrogens (tertiary/aromatic N) is 1. The summed E-state index contributed by atoms with van der Waals surface area (Å²) < 4.78 is 5.53. The smallest absolute Gasteiger partial charge is 0.339 e. The van der Waals surface area contributed by atoms with E-state index in [1.165, 1.54) is 0 Å². The maximum Gasteiger partial charge on any atom is 0.339 e. The number of hydrogen-bond donors (Lipinski definition) is 1. The molecule has 5 nitrogen and oxygen atoms in total. The fourth-order valence-electron chi connectivity index (χ4n) is 3.77. The molecule has 0 radical (unpaired) electrons. The van der Waals surface area contributed by atoms with Gasteiger partial charge >= 0.3 is 5.97 Å². The van der Waals surface area contributed by atoms with E-state index in [9.17, 15) is 9.59 Å². The topological polar surface area (TPSA) is 68.3 Å². The van der Waals surface area contributed by atoms with Gasteiger partial charge in [-0.1, -0.05) is 61.4 Å². The molecule has 0 saturated heterocycles. The maximum absolute atomic E-state index is 13.0. The molecule has 0 aliphatic heterocycles. The Balaban J connectivity index is 1.60. The molecule has 1 aromatic heterocycles. The monoisotopic (exact) mass is 388 g/mol. The van der Waals surface area contributed by atoms with Crippen LogP contribution in [-0.2, 0) is 9.53 Å². The molecule has 1 atom stereocenters. The summed E-state index contributed by atoms with van der Waals surface area (Å²) in [7, 11) is 0. The molecule has 4 rings (SSSR count). The molecule has 3 aromatic rings. The molecule has 5 heteroatoms. The third-order valence-corrected chi connectivity index (χ3v) is 5.36. The Morgan fingerprint density at radius 3 is 2.48 bits per heavy atom. The zero-order valence-corrected chi connectivity index (χ0v) is 16.4. The normalized spacial score (nSPS) is 15.2. The molecule has 1 N–H and O–H groups in total. The number of amides is 1. The number of carbonyl (C=O) groups is 2. The Labute approximate surface area is 170 Å². The highest BCUT2D eigenvalue weighted by atomic mass is 16.5. The van der Waals surface area contributed by atoms with Crippen molar-refractivity contribution >= 4 is 22.8 Å². The van der Waals surface area contributed by atoms with E-state index in [-0.39, 0.29) is 11.9 Å². The Morgan fingerprint density at radius 2 is 1.72 bits per heavy atom. The summed E-state index contributed by atoms with van der Waals surface area (Å²) in [6.07, 6.45) is 3.38. The zero-order valence-electron chi connectivity index (χ0n) is 16.4. The molecule has 0 unspecified atom stereocenters. The summed E-state index contributed by atoms with van der Waals surface area (Å²) in [5.74, 6) is -0.762. The lowest BCUT2D eigenvalue weighted by Gasteiger charge is -2.18. The molecule has 2 aromatic carbocycles. The molecule has 29 heavy (non-hydrogen) atoms. The lowest BCUT2D eigenvalue weighted by atomic mass is 10.0. The van der Waals surface area contributed by atoms with Gasteiger partial charge in [0.2, 0.25) is 0 Å². The third kappa shape index (κ3) is 4.29. The molecular formula is C24H24N2O3. The molecule has 1 heterocycles. The number of aromatic nitrogens is 1. The van der Waals surface area contributed by atoms with Crippen molar-refractivity contribution in [2.75, 3.05) is 0 Å². The lowest BCUT2D eigenvalue weighted by Crippen LogP contribution is -2.40. The van der Waals surface area contributed by atoms with Crippen LogP contribution in [0.4, 0.5) is 0 Å². The fourth-order valence-corrected chi connectivity index (χ4v) is 3.77. The van der Waals surface area contributed by atoms with Crippen LogP contribution in [0.1, 0.15) is 43.0 Å². The third-order valence-electron chi connectivity index (χ3n) is 5.36. The number of nitrogens with one attached hydrogen (secondary N) is 1. The zero-order chi connectivity index (χ0) is 20.2. The first-order chi connectivity index (χ1) is 14.1. The second kappa shape index (κ2) is 8.43. The number of ether oxygens (including phenoxy) is 1. The van der Waals surface area contributed by atoms with Crippen molar-refractivity contribution in [3.05, 3.63) is 66.2 Å². The summed E-state index contributed by atoms with van der Waals surface area (Å²) in [5, 5.41) is 3.69. The molecule has 0 bridgehead atoms. The number of carbonyl (C=O) groups excluding carboxylic acids is 2. The molecule has 0 spiro atoms. The van der Waals surface area contributed by atoms with Crippen LogP contribution in [-0.4, -0.2) is 29.0 Å². The highest BCUT2D eigenvalue weighted by molar-refractivity contribution is 6.05. The Morgan fingerprint density at radius 1 is 1.03 bits per heavy atom. The van der Waals surface area contributed by atoms with Crippen molar-refractivity contribution in [2.24, 2.45) is 0 Å². The van der Waals surface area contributed by atoms with Gasteiger partial charge in [0.1, 0.15) is 0 Å². The number of rotatable bonds is 5. The minimum atomic E-state index is -0.852. The Bertz CT molecular complexity index is 1030. The lowest BCUT2D eigenvalue weighted by molar-refractivity contribution is -0.129. The van der Waals surface area contributed by atoms with Gasteiger partial charge < -0.3 is 10.1 Å². The van der Waals surface area contributed by atoms with Gasteiger partial charge in [-0.25, -0.2) is 9.78 Å². The van der Waals surface area contributed by atoms with E-state index in [4.69, 9.17) is 4.74 Å². The highest BCUT2D eigenvalue weighted by Gasteiger charge is 2.24. The average molecular weight is 388 g/mol. The summed E-state index contributed by atoms with van der Waals surface area (Å²) in [4.78, 5) is 30.1. The number of fused-ring (bicyclic) bond motifs is 1. The molecule has 148 valence electrons. The van der Waals surface area contributed by atoms with Gasteiger partial charge in [0.25, 0.3) is 5.91 Å². The van der Waals surface area contributed by atoms with Crippen LogP contribution in [0.25, 0.3) is 22.2 Å². The standard InChI is InChI=1S/C24H24N2O3/c1-16(23(27)25-18-11-5-6-12-18)29-24(28)20-15-22(17-9-3-2-4-10-17)26-21-14-8-7-13-19(20)21/h2-4,7-10,13-16,18H,5-6,11-12H2,1H3,(H,25,27)/t16-/m1/s1. The van der Waals surface area contributed by atoms with Crippen LogP contribution in [0, 0.1) is 0 Å². The summed E-state index contributed by atoms with van der Waals surface area (Å²) in [6, 6.07) is 19.1. The van der Waals surface area contributed by atoms with Gasteiger partial charge in [-0.3, -0.25) is 4.79 Å². The molecule has 1 fully saturated rings. The van der Waals surface area contributed by atoms with E-state index in [0.29, 0.717) is 22.2 Å². The number of para-hydroxylation sites is 1. The highest BCUT2D eigenvalue weighted by Crippen LogP contribution is 2.25. The average Bonchev–Trinajstić information content (AvgIpc) is 3.26. The van der Waals surface area contributed by atoms with Crippen molar-refractivity contribution in [1.29, 1.82) is 0 Å². The second-order valence-electron chi connectivity index (χ2n) is 7.48. The van der Waals surface area contributed by atoms with Gasteiger partial charge in [-0.15, -0.1) is 0 Å². The van der Waals surface area contributed by atoms with Crippen molar-refractivity contribution in [3.8, 4) is 11.3 Å². The van der Waals surface area contributed by atoms with E-state index in [1.807, 2.05) is 54.6 Å². The Hall–Kier alpha value is -3.21. The van der Waals surface area contributed by atoms with Crippen LogP contribution in [0.15, 0.2) is 60.7 Å². The predicted molar refractivity (Wildman–Crippen MR) is 112 cm³/mol. The van der Waals surface area contributed by atoms with Crippen molar-refractivity contribution in [3.63, 3.8) is 0 Å².